The van der Waals surface area contributed by atoms with E-state index in [1.807, 2.05) is 60.7 Å². The molecular weight excluding hydrogens is 432 g/mol. The minimum atomic E-state index is -0.435. The minimum absolute atomic E-state index is 0.0271. The summed E-state index contributed by atoms with van der Waals surface area (Å²) < 4.78 is 0. The number of aromatic nitrogens is 3. The molecule has 0 amide bonds. The molecule has 34 heavy (non-hydrogen) atoms. The molecule has 0 saturated carbocycles. The van der Waals surface area contributed by atoms with Crippen LogP contribution in [0.15, 0.2) is 96.1 Å². The van der Waals surface area contributed by atoms with Crippen molar-refractivity contribution in [2.24, 2.45) is 5.10 Å². The van der Waals surface area contributed by atoms with Crippen LogP contribution in [0.25, 0.3) is 6.08 Å². The molecular formula is C24H20N8O2. The van der Waals surface area contributed by atoms with Gasteiger partial charge in [0.2, 0.25) is 17.8 Å². The number of nitrogens with zero attached hydrogens (tertiary/aromatic N) is 5. The summed E-state index contributed by atoms with van der Waals surface area (Å²) in [5, 5.41) is 21.3. The van der Waals surface area contributed by atoms with Crippen molar-refractivity contribution in [2.45, 2.75) is 0 Å². The third kappa shape index (κ3) is 6.44. The molecule has 3 N–H and O–H groups in total. The lowest BCUT2D eigenvalue weighted by molar-refractivity contribution is -0.384. The zero-order chi connectivity index (χ0) is 23.6. The average molecular weight is 452 g/mol. The topological polar surface area (TPSA) is 130 Å². The second-order valence-corrected chi connectivity index (χ2v) is 6.89. The van der Waals surface area contributed by atoms with Gasteiger partial charge in [-0.3, -0.25) is 10.1 Å². The van der Waals surface area contributed by atoms with E-state index in [1.54, 1.807) is 24.3 Å². The van der Waals surface area contributed by atoms with Crippen LogP contribution in [0.2, 0.25) is 0 Å². The fourth-order valence-corrected chi connectivity index (χ4v) is 2.87. The molecule has 3 aromatic carbocycles. The first-order valence-electron chi connectivity index (χ1n) is 10.3. The van der Waals surface area contributed by atoms with Gasteiger partial charge in [0.25, 0.3) is 5.69 Å². The number of hydrogen-bond donors (Lipinski definition) is 3. The Bertz CT molecular complexity index is 1250. The molecule has 4 rings (SSSR count). The lowest BCUT2D eigenvalue weighted by Crippen LogP contribution is -2.07. The quantitative estimate of drug-likeness (QED) is 0.175. The van der Waals surface area contributed by atoms with E-state index >= 15 is 0 Å². The average Bonchev–Trinajstić information content (AvgIpc) is 2.85. The molecule has 0 unspecified atom stereocenters. The molecule has 0 bridgehead atoms. The van der Waals surface area contributed by atoms with E-state index in [0.29, 0.717) is 17.5 Å². The number of nitro groups is 1. The van der Waals surface area contributed by atoms with Crippen molar-refractivity contribution < 1.29 is 4.92 Å². The first-order chi connectivity index (χ1) is 16.7. The normalized spacial score (nSPS) is 10.9. The van der Waals surface area contributed by atoms with Crippen molar-refractivity contribution >= 4 is 47.2 Å². The summed E-state index contributed by atoms with van der Waals surface area (Å²) in [6.07, 6.45) is 4.85. The molecule has 1 heterocycles. The highest BCUT2D eigenvalue weighted by Gasteiger charge is 2.07. The van der Waals surface area contributed by atoms with Crippen LogP contribution in [0.1, 0.15) is 5.56 Å². The lowest BCUT2D eigenvalue weighted by atomic mass is 10.2. The molecule has 0 spiro atoms. The van der Waals surface area contributed by atoms with Crippen LogP contribution in [0.3, 0.4) is 0 Å². The summed E-state index contributed by atoms with van der Waals surface area (Å²) in [5.74, 6) is 0.904. The maximum Gasteiger partial charge on any atom is 0.270 e. The molecule has 1 aromatic heterocycles. The van der Waals surface area contributed by atoms with Crippen molar-refractivity contribution in [3.05, 3.63) is 107 Å². The Kier molecular flexibility index (Phi) is 7.12. The smallest absolute Gasteiger partial charge is 0.270 e. The van der Waals surface area contributed by atoms with Gasteiger partial charge in [-0.25, -0.2) is 5.43 Å². The van der Waals surface area contributed by atoms with Crippen molar-refractivity contribution in [2.75, 3.05) is 16.1 Å². The van der Waals surface area contributed by atoms with E-state index < -0.39 is 4.92 Å². The van der Waals surface area contributed by atoms with Gasteiger partial charge in [-0.2, -0.15) is 20.1 Å². The Morgan fingerprint density at radius 3 is 1.94 bits per heavy atom. The van der Waals surface area contributed by atoms with Gasteiger partial charge in [-0.15, -0.1) is 0 Å². The highest BCUT2D eigenvalue weighted by atomic mass is 16.6. The Morgan fingerprint density at radius 1 is 0.765 bits per heavy atom. The van der Waals surface area contributed by atoms with Gasteiger partial charge >= 0.3 is 0 Å². The van der Waals surface area contributed by atoms with Crippen LogP contribution in [-0.2, 0) is 0 Å². The molecule has 10 nitrogen and oxygen atoms in total. The number of hydrogen-bond acceptors (Lipinski definition) is 9. The zero-order valence-electron chi connectivity index (χ0n) is 17.9. The number of nitro benzene ring substituents is 1. The number of benzene rings is 3. The van der Waals surface area contributed by atoms with Crippen LogP contribution in [0.5, 0.6) is 0 Å². The van der Waals surface area contributed by atoms with Crippen molar-refractivity contribution in [1.82, 2.24) is 15.0 Å². The van der Waals surface area contributed by atoms with Gasteiger partial charge in [-0.05, 0) is 35.9 Å². The fraction of sp³-hybridized carbons (Fsp3) is 0. The molecule has 0 aliphatic heterocycles. The second-order valence-electron chi connectivity index (χ2n) is 6.89. The summed E-state index contributed by atoms with van der Waals surface area (Å²) >= 11 is 0. The summed E-state index contributed by atoms with van der Waals surface area (Å²) in [5.41, 5.74) is 5.15. The van der Waals surface area contributed by atoms with Gasteiger partial charge in [0.05, 0.1) is 4.92 Å². The number of anilines is 5. The van der Waals surface area contributed by atoms with Crippen LogP contribution < -0.4 is 16.1 Å². The van der Waals surface area contributed by atoms with Crippen LogP contribution in [0, 0.1) is 10.1 Å². The van der Waals surface area contributed by atoms with Gasteiger partial charge in [0.1, 0.15) is 0 Å². The Hall–Kier alpha value is -5.12. The first-order valence-corrected chi connectivity index (χ1v) is 10.3. The Balaban J connectivity index is 1.49. The van der Waals surface area contributed by atoms with Gasteiger partial charge < -0.3 is 10.6 Å². The highest BCUT2D eigenvalue weighted by Crippen LogP contribution is 2.18. The van der Waals surface area contributed by atoms with E-state index in [0.717, 1.165) is 11.4 Å². The van der Waals surface area contributed by atoms with Gasteiger partial charge in [0, 0.05) is 29.7 Å². The summed E-state index contributed by atoms with van der Waals surface area (Å²) in [6.45, 7) is 0. The Morgan fingerprint density at radius 2 is 1.35 bits per heavy atom. The molecule has 0 saturated heterocycles. The second kappa shape index (κ2) is 11.0. The van der Waals surface area contributed by atoms with E-state index in [2.05, 4.69) is 36.1 Å². The predicted molar refractivity (Wildman–Crippen MR) is 134 cm³/mol. The van der Waals surface area contributed by atoms with E-state index in [9.17, 15) is 10.1 Å². The van der Waals surface area contributed by atoms with E-state index in [-0.39, 0.29) is 11.6 Å². The largest absolute Gasteiger partial charge is 0.324 e. The van der Waals surface area contributed by atoms with Crippen molar-refractivity contribution in [3.63, 3.8) is 0 Å². The highest BCUT2D eigenvalue weighted by molar-refractivity contribution is 5.79. The fourth-order valence-electron chi connectivity index (χ4n) is 2.87. The van der Waals surface area contributed by atoms with Crippen LogP contribution in [0.4, 0.5) is 34.9 Å². The summed E-state index contributed by atoms with van der Waals surface area (Å²) in [7, 11) is 0. The van der Waals surface area contributed by atoms with Gasteiger partial charge in [-0.1, -0.05) is 54.6 Å². The molecule has 0 aliphatic rings. The maximum atomic E-state index is 10.9. The molecule has 10 heteroatoms. The zero-order valence-corrected chi connectivity index (χ0v) is 17.9. The number of para-hydroxylation sites is 2. The molecule has 0 atom stereocenters. The van der Waals surface area contributed by atoms with E-state index in [1.165, 1.54) is 18.3 Å². The van der Waals surface area contributed by atoms with Gasteiger partial charge in [0.15, 0.2) is 0 Å². The number of hydrazone groups is 1. The lowest BCUT2D eigenvalue weighted by Gasteiger charge is -2.10. The number of nitrogens with one attached hydrogen (secondary N) is 3. The molecule has 0 fully saturated rings. The van der Waals surface area contributed by atoms with E-state index in [4.69, 9.17) is 0 Å². The molecule has 0 radical (unpaired) electrons. The number of rotatable bonds is 9. The predicted octanol–water partition coefficient (Wildman–Crippen LogP) is 5.38. The first kappa shape index (κ1) is 22.1. The number of allylic oxidation sites excluding steroid dienone is 1. The minimum Gasteiger partial charge on any atom is -0.324 e. The van der Waals surface area contributed by atoms with Crippen molar-refractivity contribution in [3.8, 4) is 0 Å². The third-order valence-electron chi connectivity index (χ3n) is 4.39. The summed E-state index contributed by atoms with van der Waals surface area (Å²) in [4.78, 5) is 23.6. The van der Waals surface area contributed by atoms with Crippen molar-refractivity contribution in [1.29, 1.82) is 0 Å². The number of non-ortho nitro benzene ring substituents is 1. The van der Waals surface area contributed by atoms with Crippen LogP contribution in [-0.4, -0.2) is 26.1 Å². The SMILES string of the molecule is O=[N+]([O-])c1cccc(C=CC=NNc2nc(Nc3ccccc3)nc(Nc3ccccc3)n2)c1. The Labute approximate surface area is 195 Å². The standard InChI is InChI=1S/C24H20N8O2/c33-32(34)21-15-7-9-18(17-21)10-8-16-25-31-24-29-22(26-19-11-3-1-4-12-19)28-23(30-24)27-20-13-5-2-6-14-20/h1-17H,(H3,26,27,28,29,30,31). The molecule has 0 aliphatic carbocycles. The van der Waals surface area contributed by atoms with Crippen LogP contribution >= 0.6 is 0 Å². The monoisotopic (exact) mass is 452 g/mol. The maximum absolute atomic E-state index is 10.9. The third-order valence-corrected chi connectivity index (χ3v) is 4.39. The molecule has 168 valence electrons. The molecule has 4 aromatic rings. The summed E-state index contributed by atoms with van der Waals surface area (Å²) in [6, 6.07) is 25.4.